The van der Waals surface area contributed by atoms with Gasteiger partial charge in [0.15, 0.2) is 0 Å². The molecule has 0 amide bonds. The minimum absolute atomic E-state index is 0.438. The van der Waals surface area contributed by atoms with Gasteiger partial charge in [-0.15, -0.1) is 0 Å². The summed E-state index contributed by atoms with van der Waals surface area (Å²) in [5, 5.41) is 10.8. The van der Waals surface area contributed by atoms with Gasteiger partial charge in [-0.05, 0) is 30.7 Å². The SMILES string of the molecule is CCC(O)(c1cccc2c1OCC2)C1CC1. The van der Waals surface area contributed by atoms with Crippen molar-refractivity contribution in [2.75, 3.05) is 6.61 Å². The normalized spacial score (nSPS) is 22.4. The number of aliphatic hydroxyl groups is 1. The Morgan fingerprint density at radius 3 is 2.94 bits per heavy atom. The first-order valence-electron chi connectivity index (χ1n) is 6.23. The van der Waals surface area contributed by atoms with E-state index in [2.05, 4.69) is 13.0 Å². The van der Waals surface area contributed by atoms with Gasteiger partial charge >= 0.3 is 0 Å². The highest BCUT2D eigenvalue weighted by Gasteiger charge is 2.45. The van der Waals surface area contributed by atoms with Crippen LogP contribution in [0, 0.1) is 5.92 Å². The quantitative estimate of drug-likeness (QED) is 0.845. The zero-order valence-corrected chi connectivity index (χ0v) is 9.70. The Bertz CT molecular complexity index is 409. The fourth-order valence-electron chi connectivity index (χ4n) is 2.82. The number of benzene rings is 1. The number of hydrogen-bond donors (Lipinski definition) is 1. The van der Waals surface area contributed by atoms with Gasteiger partial charge in [-0.3, -0.25) is 0 Å². The second-order valence-corrected chi connectivity index (χ2v) is 4.94. The molecule has 1 unspecified atom stereocenters. The second kappa shape index (κ2) is 3.49. The highest BCUT2D eigenvalue weighted by Crippen LogP contribution is 2.51. The van der Waals surface area contributed by atoms with E-state index in [1.54, 1.807) is 0 Å². The van der Waals surface area contributed by atoms with Crippen molar-refractivity contribution in [1.82, 2.24) is 0 Å². The molecule has 0 radical (unpaired) electrons. The summed E-state index contributed by atoms with van der Waals surface area (Å²) >= 11 is 0. The lowest BCUT2D eigenvalue weighted by Gasteiger charge is -2.28. The van der Waals surface area contributed by atoms with E-state index in [4.69, 9.17) is 4.74 Å². The maximum atomic E-state index is 10.8. The molecule has 0 saturated heterocycles. The first-order valence-corrected chi connectivity index (χ1v) is 6.23. The van der Waals surface area contributed by atoms with Crippen molar-refractivity contribution in [3.63, 3.8) is 0 Å². The Kier molecular flexibility index (Phi) is 2.21. The molecule has 1 aromatic rings. The highest BCUT2D eigenvalue weighted by molar-refractivity contribution is 5.47. The third kappa shape index (κ3) is 1.36. The smallest absolute Gasteiger partial charge is 0.128 e. The van der Waals surface area contributed by atoms with Crippen LogP contribution >= 0.6 is 0 Å². The molecule has 1 atom stereocenters. The van der Waals surface area contributed by atoms with Crippen molar-refractivity contribution in [3.05, 3.63) is 29.3 Å². The molecule has 2 nitrogen and oxygen atoms in total. The van der Waals surface area contributed by atoms with Crippen molar-refractivity contribution in [2.24, 2.45) is 5.92 Å². The van der Waals surface area contributed by atoms with Crippen LogP contribution in [-0.2, 0) is 12.0 Å². The van der Waals surface area contributed by atoms with Crippen molar-refractivity contribution in [1.29, 1.82) is 0 Å². The molecule has 2 heteroatoms. The van der Waals surface area contributed by atoms with Crippen LogP contribution in [0.4, 0.5) is 0 Å². The fraction of sp³-hybridized carbons (Fsp3) is 0.571. The molecular formula is C14H18O2. The standard InChI is InChI=1S/C14H18O2/c1-2-14(15,11-6-7-11)12-5-3-4-10-8-9-16-13(10)12/h3-5,11,15H,2,6-9H2,1H3. The molecule has 1 N–H and O–H groups in total. The molecule has 3 rings (SSSR count). The molecule has 0 aromatic heterocycles. The Hall–Kier alpha value is -1.02. The van der Waals surface area contributed by atoms with Crippen LogP contribution < -0.4 is 4.74 Å². The van der Waals surface area contributed by atoms with Gasteiger partial charge in [0.1, 0.15) is 5.75 Å². The third-order valence-electron chi connectivity index (χ3n) is 3.97. The van der Waals surface area contributed by atoms with Gasteiger partial charge in [0.05, 0.1) is 12.2 Å². The summed E-state index contributed by atoms with van der Waals surface area (Å²) in [6.45, 7) is 2.82. The fourth-order valence-corrected chi connectivity index (χ4v) is 2.82. The summed E-state index contributed by atoms with van der Waals surface area (Å²) in [6, 6.07) is 6.19. The Labute approximate surface area is 96.2 Å². The van der Waals surface area contributed by atoms with Crippen LogP contribution in [0.25, 0.3) is 0 Å². The van der Waals surface area contributed by atoms with E-state index in [0.717, 1.165) is 43.6 Å². The molecule has 1 fully saturated rings. The van der Waals surface area contributed by atoms with Crippen LogP contribution in [0.5, 0.6) is 5.75 Å². The van der Waals surface area contributed by atoms with Gasteiger partial charge in [0.2, 0.25) is 0 Å². The maximum absolute atomic E-state index is 10.8. The summed E-state index contributed by atoms with van der Waals surface area (Å²) < 4.78 is 5.70. The predicted molar refractivity (Wildman–Crippen MR) is 62.6 cm³/mol. The number of fused-ring (bicyclic) bond motifs is 1. The summed E-state index contributed by atoms with van der Waals surface area (Å²) in [7, 11) is 0. The van der Waals surface area contributed by atoms with Gasteiger partial charge in [-0.25, -0.2) is 0 Å². The lowest BCUT2D eigenvalue weighted by atomic mass is 9.85. The highest BCUT2D eigenvalue weighted by atomic mass is 16.5. The van der Waals surface area contributed by atoms with Gasteiger partial charge in [-0.1, -0.05) is 25.1 Å². The molecule has 1 saturated carbocycles. The first kappa shape index (κ1) is 10.2. The molecule has 1 aliphatic heterocycles. The zero-order chi connectivity index (χ0) is 11.2. The number of ether oxygens (including phenoxy) is 1. The zero-order valence-electron chi connectivity index (χ0n) is 9.70. The van der Waals surface area contributed by atoms with Crippen molar-refractivity contribution in [3.8, 4) is 5.75 Å². The molecule has 1 heterocycles. The van der Waals surface area contributed by atoms with Crippen LogP contribution in [-0.4, -0.2) is 11.7 Å². The lowest BCUT2D eigenvalue weighted by molar-refractivity contribution is 0.00674. The predicted octanol–water partition coefficient (Wildman–Crippen LogP) is 2.63. The summed E-state index contributed by atoms with van der Waals surface area (Å²) in [5.41, 5.74) is 1.62. The minimum Gasteiger partial charge on any atom is -0.493 e. The van der Waals surface area contributed by atoms with Crippen LogP contribution in [0.1, 0.15) is 37.3 Å². The average molecular weight is 218 g/mol. The van der Waals surface area contributed by atoms with Crippen molar-refractivity contribution < 1.29 is 9.84 Å². The monoisotopic (exact) mass is 218 g/mol. The summed E-state index contributed by atoms with van der Waals surface area (Å²) in [6.07, 6.45) is 4.05. The van der Waals surface area contributed by atoms with Crippen LogP contribution in [0.15, 0.2) is 18.2 Å². The van der Waals surface area contributed by atoms with E-state index in [0.29, 0.717) is 5.92 Å². The molecule has 86 valence electrons. The van der Waals surface area contributed by atoms with Crippen LogP contribution in [0.2, 0.25) is 0 Å². The molecule has 1 aliphatic carbocycles. The van der Waals surface area contributed by atoms with Crippen molar-refractivity contribution in [2.45, 2.75) is 38.2 Å². The van der Waals surface area contributed by atoms with E-state index in [9.17, 15) is 5.11 Å². The largest absolute Gasteiger partial charge is 0.493 e. The molecule has 2 aliphatic rings. The molecule has 0 bridgehead atoms. The Morgan fingerprint density at radius 2 is 2.25 bits per heavy atom. The van der Waals surface area contributed by atoms with E-state index >= 15 is 0 Å². The first-order chi connectivity index (χ1) is 7.75. The summed E-state index contributed by atoms with van der Waals surface area (Å²) in [4.78, 5) is 0. The minimum atomic E-state index is -0.657. The van der Waals surface area contributed by atoms with Gasteiger partial charge in [0, 0.05) is 12.0 Å². The topological polar surface area (TPSA) is 29.5 Å². The van der Waals surface area contributed by atoms with Gasteiger partial charge in [-0.2, -0.15) is 0 Å². The van der Waals surface area contributed by atoms with E-state index < -0.39 is 5.60 Å². The van der Waals surface area contributed by atoms with Gasteiger partial charge in [0.25, 0.3) is 0 Å². The van der Waals surface area contributed by atoms with E-state index in [1.165, 1.54) is 5.56 Å². The van der Waals surface area contributed by atoms with Crippen LogP contribution in [0.3, 0.4) is 0 Å². The third-order valence-corrected chi connectivity index (χ3v) is 3.97. The summed E-state index contributed by atoms with van der Waals surface area (Å²) in [5.74, 6) is 1.40. The Balaban J connectivity index is 2.08. The number of rotatable bonds is 3. The Morgan fingerprint density at radius 1 is 1.44 bits per heavy atom. The number of hydrogen-bond acceptors (Lipinski definition) is 2. The number of para-hydroxylation sites is 1. The van der Waals surface area contributed by atoms with E-state index in [-0.39, 0.29) is 0 Å². The average Bonchev–Trinajstić information content (AvgIpc) is 3.06. The van der Waals surface area contributed by atoms with Gasteiger partial charge < -0.3 is 9.84 Å². The molecular weight excluding hydrogens is 200 g/mol. The molecule has 0 spiro atoms. The van der Waals surface area contributed by atoms with Crippen molar-refractivity contribution >= 4 is 0 Å². The maximum Gasteiger partial charge on any atom is 0.128 e. The molecule has 1 aromatic carbocycles. The van der Waals surface area contributed by atoms with E-state index in [1.807, 2.05) is 12.1 Å². The molecule has 16 heavy (non-hydrogen) atoms. The lowest BCUT2D eigenvalue weighted by Crippen LogP contribution is -2.27. The second-order valence-electron chi connectivity index (χ2n) is 4.94.